The van der Waals surface area contributed by atoms with Crippen LogP contribution in [0.25, 0.3) is 0 Å². The van der Waals surface area contributed by atoms with E-state index in [9.17, 15) is 9.59 Å². The van der Waals surface area contributed by atoms with Crippen LogP contribution < -0.4 is 10.6 Å². The molecule has 0 saturated heterocycles. The molecule has 0 aliphatic carbocycles. The lowest BCUT2D eigenvalue weighted by Crippen LogP contribution is -2.53. The molecule has 2 amide bonds. The van der Waals surface area contributed by atoms with Crippen molar-refractivity contribution in [3.8, 4) is 0 Å². The fourth-order valence-electron chi connectivity index (χ4n) is 1.16. The number of aliphatic carboxylic acids is 1. The number of rotatable bonds is 4. The molecule has 0 aromatic carbocycles. The summed E-state index contributed by atoms with van der Waals surface area (Å²) in [5, 5.41) is 13.7. The van der Waals surface area contributed by atoms with Crippen LogP contribution in [-0.2, 0) is 11.3 Å². The first-order valence-corrected chi connectivity index (χ1v) is 5.39. The largest absolute Gasteiger partial charge is 0.480 e. The van der Waals surface area contributed by atoms with E-state index in [1.165, 1.54) is 13.8 Å². The van der Waals surface area contributed by atoms with Gasteiger partial charge in [-0.2, -0.15) is 0 Å². The summed E-state index contributed by atoms with van der Waals surface area (Å²) < 4.78 is 0. The number of aromatic nitrogens is 2. The maximum Gasteiger partial charge on any atom is 0.328 e. The molecule has 1 heterocycles. The minimum Gasteiger partial charge on any atom is -0.480 e. The van der Waals surface area contributed by atoms with Crippen molar-refractivity contribution in [3.63, 3.8) is 0 Å². The van der Waals surface area contributed by atoms with Gasteiger partial charge in [0.15, 0.2) is 0 Å². The van der Waals surface area contributed by atoms with Gasteiger partial charge in [-0.15, -0.1) is 0 Å². The average molecular weight is 252 g/mol. The number of aryl methyl sites for hydroxylation is 1. The van der Waals surface area contributed by atoms with Crippen LogP contribution in [0, 0.1) is 6.92 Å². The van der Waals surface area contributed by atoms with Crippen molar-refractivity contribution in [2.75, 3.05) is 0 Å². The molecule has 1 aromatic heterocycles. The van der Waals surface area contributed by atoms with Crippen molar-refractivity contribution < 1.29 is 14.7 Å². The Labute approximate surface area is 105 Å². The predicted molar refractivity (Wildman–Crippen MR) is 63.9 cm³/mol. The van der Waals surface area contributed by atoms with Gasteiger partial charge in [0.25, 0.3) is 0 Å². The van der Waals surface area contributed by atoms with E-state index in [0.717, 1.165) is 0 Å². The molecule has 7 nitrogen and oxygen atoms in total. The Morgan fingerprint density at radius 3 is 2.67 bits per heavy atom. The van der Waals surface area contributed by atoms with Gasteiger partial charge in [-0.3, -0.25) is 0 Å². The molecule has 3 N–H and O–H groups in total. The summed E-state index contributed by atoms with van der Waals surface area (Å²) in [6.07, 6.45) is 1.60. The first-order valence-electron chi connectivity index (χ1n) is 5.39. The number of carbonyl (C=O) groups excluding carboxylic acids is 1. The second kappa shape index (κ2) is 5.44. The molecule has 0 atom stereocenters. The number of urea groups is 1. The number of nitrogens with one attached hydrogen (secondary N) is 2. The zero-order valence-electron chi connectivity index (χ0n) is 10.5. The molecule has 0 spiro atoms. The number of hydrogen-bond acceptors (Lipinski definition) is 4. The highest BCUT2D eigenvalue weighted by atomic mass is 16.4. The molecule has 0 saturated carbocycles. The van der Waals surface area contributed by atoms with E-state index in [2.05, 4.69) is 20.6 Å². The Balaban J connectivity index is 2.50. The van der Waals surface area contributed by atoms with Gasteiger partial charge in [0.2, 0.25) is 0 Å². The average Bonchev–Trinajstić information content (AvgIpc) is 2.25. The third-order valence-electron chi connectivity index (χ3n) is 2.22. The molecular formula is C11H16N4O3. The first kappa shape index (κ1) is 13.9. The Kier molecular flexibility index (Phi) is 4.19. The Morgan fingerprint density at radius 1 is 1.44 bits per heavy atom. The summed E-state index contributed by atoms with van der Waals surface area (Å²) in [7, 11) is 0. The van der Waals surface area contributed by atoms with Gasteiger partial charge in [0.1, 0.15) is 11.4 Å². The topological polar surface area (TPSA) is 104 Å². The van der Waals surface area contributed by atoms with Crippen LogP contribution in [0.15, 0.2) is 12.3 Å². The lowest BCUT2D eigenvalue weighted by Gasteiger charge is -2.21. The summed E-state index contributed by atoms with van der Waals surface area (Å²) in [6, 6.07) is 1.12. The number of amides is 2. The van der Waals surface area contributed by atoms with E-state index in [1.807, 2.05) is 0 Å². The molecule has 0 unspecified atom stereocenters. The molecule has 0 radical (unpaired) electrons. The standard InChI is InChI=1S/C11H16N4O3/c1-7-12-5-4-8(14-7)6-13-10(18)15-11(2,3)9(16)17/h4-5H,6H2,1-3H3,(H,16,17)(H2,13,15,18). The monoisotopic (exact) mass is 252 g/mol. The molecule has 0 bridgehead atoms. The van der Waals surface area contributed by atoms with Gasteiger partial charge in [-0.25, -0.2) is 19.6 Å². The zero-order chi connectivity index (χ0) is 13.8. The normalized spacial score (nSPS) is 10.8. The molecular weight excluding hydrogens is 236 g/mol. The van der Waals surface area contributed by atoms with Gasteiger partial charge in [-0.05, 0) is 26.8 Å². The van der Waals surface area contributed by atoms with Gasteiger partial charge < -0.3 is 15.7 Å². The molecule has 0 aliphatic heterocycles. The number of nitrogens with zero attached hydrogens (tertiary/aromatic N) is 2. The molecule has 98 valence electrons. The van der Waals surface area contributed by atoms with E-state index < -0.39 is 17.5 Å². The molecule has 7 heteroatoms. The van der Waals surface area contributed by atoms with Gasteiger partial charge in [0.05, 0.1) is 12.2 Å². The third-order valence-corrected chi connectivity index (χ3v) is 2.22. The van der Waals surface area contributed by atoms with E-state index in [1.54, 1.807) is 19.2 Å². The second-order valence-corrected chi connectivity index (χ2v) is 4.33. The maximum atomic E-state index is 11.5. The highest BCUT2D eigenvalue weighted by Gasteiger charge is 2.28. The summed E-state index contributed by atoms with van der Waals surface area (Å²) in [5.74, 6) is -0.490. The lowest BCUT2D eigenvalue weighted by atomic mass is 10.1. The van der Waals surface area contributed by atoms with Crippen molar-refractivity contribution in [1.82, 2.24) is 20.6 Å². The van der Waals surface area contributed by atoms with E-state index in [4.69, 9.17) is 5.11 Å². The minimum absolute atomic E-state index is 0.213. The second-order valence-electron chi connectivity index (χ2n) is 4.33. The van der Waals surface area contributed by atoms with E-state index >= 15 is 0 Å². The summed E-state index contributed by atoms with van der Waals surface area (Å²) in [6.45, 7) is 4.77. The van der Waals surface area contributed by atoms with Crippen molar-refractivity contribution in [2.45, 2.75) is 32.9 Å². The maximum absolute atomic E-state index is 11.5. The molecule has 0 aliphatic rings. The van der Waals surface area contributed by atoms with E-state index in [0.29, 0.717) is 11.5 Å². The molecule has 1 rings (SSSR count). The number of hydrogen-bond donors (Lipinski definition) is 3. The predicted octanol–water partition coefficient (Wildman–Crippen LogP) is 0.447. The Morgan fingerprint density at radius 2 is 2.11 bits per heavy atom. The van der Waals surface area contributed by atoms with Crippen molar-refractivity contribution in [2.24, 2.45) is 0 Å². The number of carboxylic acid groups (broad SMARTS) is 1. The van der Waals surface area contributed by atoms with Gasteiger partial charge in [-0.1, -0.05) is 0 Å². The first-order chi connectivity index (χ1) is 8.31. The van der Waals surface area contributed by atoms with Crippen molar-refractivity contribution in [3.05, 3.63) is 23.8 Å². The van der Waals surface area contributed by atoms with Gasteiger partial charge in [0, 0.05) is 6.20 Å². The highest BCUT2D eigenvalue weighted by molar-refractivity contribution is 5.85. The van der Waals surface area contributed by atoms with Crippen LogP contribution in [0.3, 0.4) is 0 Å². The highest BCUT2D eigenvalue weighted by Crippen LogP contribution is 2.01. The van der Waals surface area contributed by atoms with Crippen molar-refractivity contribution >= 4 is 12.0 Å². The SMILES string of the molecule is Cc1nccc(CNC(=O)NC(C)(C)C(=O)O)n1. The molecule has 1 aromatic rings. The van der Waals surface area contributed by atoms with Crippen LogP contribution in [0.2, 0.25) is 0 Å². The quantitative estimate of drug-likeness (QED) is 0.721. The fraction of sp³-hybridized carbons (Fsp3) is 0.455. The van der Waals surface area contributed by atoms with Gasteiger partial charge >= 0.3 is 12.0 Å². The lowest BCUT2D eigenvalue weighted by molar-refractivity contribution is -0.142. The zero-order valence-corrected chi connectivity index (χ0v) is 10.5. The minimum atomic E-state index is -1.31. The van der Waals surface area contributed by atoms with Crippen LogP contribution in [0.5, 0.6) is 0 Å². The van der Waals surface area contributed by atoms with Crippen LogP contribution in [-0.4, -0.2) is 32.6 Å². The van der Waals surface area contributed by atoms with Crippen molar-refractivity contribution in [1.29, 1.82) is 0 Å². The summed E-state index contributed by atoms with van der Waals surface area (Å²) in [4.78, 5) is 30.3. The van der Waals surface area contributed by atoms with Crippen LogP contribution >= 0.6 is 0 Å². The van der Waals surface area contributed by atoms with Crippen LogP contribution in [0.4, 0.5) is 4.79 Å². The smallest absolute Gasteiger partial charge is 0.328 e. The molecule has 0 fully saturated rings. The molecule has 18 heavy (non-hydrogen) atoms. The number of carboxylic acids is 1. The Bertz CT molecular complexity index is 459. The summed E-state index contributed by atoms with van der Waals surface area (Å²) in [5.41, 5.74) is -0.656. The fourth-order valence-corrected chi connectivity index (χ4v) is 1.16. The number of carbonyl (C=O) groups is 2. The third kappa shape index (κ3) is 4.00. The Hall–Kier alpha value is -2.18. The van der Waals surface area contributed by atoms with E-state index in [-0.39, 0.29) is 6.54 Å². The van der Waals surface area contributed by atoms with Crippen LogP contribution in [0.1, 0.15) is 25.4 Å². The summed E-state index contributed by atoms with van der Waals surface area (Å²) >= 11 is 0.